The van der Waals surface area contributed by atoms with E-state index in [4.69, 9.17) is 0 Å². The van der Waals surface area contributed by atoms with Gasteiger partial charge in [-0.1, -0.05) is 38.5 Å². The molecular weight excluding hydrogens is 426 g/mol. The normalized spacial score (nSPS) is 11.1. The molecule has 2 aromatic rings. The summed E-state index contributed by atoms with van der Waals surface area (Å²) in [5.74, 6) is -0.548. The first kappa shape index (κ1) is 25.4. The molecule has 2 amide bonds. The van der Waals surface area contributed by atoms with Gasteiger partial charge in [0.1, 0.15) is 0 Å². The quantitative estimate of drug-likeness (QED) is 0.449. The van der Waals surface area contributed by atoms with Gasteiger partial charge in [0.15, 0.2) is 0 Å². The van der Waals surface area contributed by atoms with E-state index in [-0.39, 0.29) is 29.3 Å². The van der Waals surface area contributed by atoms with Crippen LogP contribution in [0.3, 0.4) is 0 Å². The summed E-state index contributed by atoms with van der Waals surface area (Å²) in [7, 11) is -3.85. The number of nitrogens with one attached hydrogen (secondary N) is 3. The van der Waals surface area contributed by atoms with E-state index in [9.17, 15) is 18.0 Å². The molecule has 0 unspecified atom stereocenters. The maximum atomic E-state index is 12.9. The van der Waals surface area contributed by atoms with Gasteiger partial charge in [0.2, 0.25) is 5.91 Å². The Hall–Kier alpha value is -2.87. The number of hydrogen-bond acceptors (Lipinski definition) is 4. The molecule has 7 nitrogen and oxygen atoms in total. The number of carbonyl (C=O) groups is 2. The van der Waals surface area contributed by atoms with Crippen molar-refractivity contribution in [1.29, 1.82) is 0 Å². The molecule has 3 N–H and O–H groups in total. The van der Waals surface area contributed by atoms with Gasteiger partial charge in [-0.15, -0.1) is 0 Å². The van der Waals surface area contributed by atoms with E-state index in [0.29, 0.717) is 17.8 Å². The Kier molecular flexibility index (Phi) is 9.71. The third-order valence-corrected chi connectivity index (χ3v) is 6.38. The van der Waals surface area contributed by atoms with Gasteiger partial charge in [0.05, 0.1) is 4.90 Å². The van der Waals surface area contributed by atoms with Crippen LogP contribution in [0.4, 0.5) is 5.69 Å². The summed E-state index contributed by atoms with van der Waals surface area (Å²) in [6.45, 7) is 6.60. The highest BCUT2D eigenvalue weighted by molar-refractivity contribution is 7.92. The van der Waals surface area contributed by atoms with Crippen molar-refractivity contribution < 1.29 is 18.0 Å². The Morgan fingerprint density at radius 3 is 2.28 bits per heavy atom. The molecule has 2 rings (SSSR count). The molecule has 0 saturated carbocycles. The summed E-state index contributed by atoms with van der Waals surface area (Å²) < 4.78 is 28.3. The fraction of sp³-hybridized carbons (Fsp3) is 0.417. The van der Waals surface area contributed by atoms with Crippen molar-refractivity contribution in [2.75, 3.05) is 17.8 Å². The zero-order chi connectivity index (χ0) is 23.6. The number of anilines is 1. The summed E-state index contributed by atoms with van der Waals surface area (Å²) in [6, 6.07) is 11.8. The summed E-state index contributed by atoms with van der Waals surface area (Å²) >= 11 is 0. The second kappa shape index (κ2) is 12.2. The number of unbranched alkanes of at least 4 members (excludes halogenated alkanes) is 1. The number of sulfonamides is 1. The zero-order valence-electron chi connectivity index (χ0n) is 19.0. The standard InChI is InChI=1S/C24H33N3O4S/c1-4-6-7-19-9-11-20(12-10-19)27-32(30,31)21-13-8-18(3)22(17-21)24(29)26-16-14-23(28)25-15-5-2/h8-13,17,27H,4-7,14-16H2,1-3H3,(H,25,28)(H,26,29). The van der Waals surface area contributed by atoms with Crippen molar-refractivity contribution in [3.05, 3.63) is 59.2 Å². The maximum absolute atomic E-state index is 12.9. The highest BCUT2D eigenvalue weighted by Crippen LogP contribution is 2.20. The molecule has 0 aliphatic heterocycles. The Labute approximate surface area is 191 Å². The van der Waals surface area contributed by atoms with E-state index in [0.717, 1.165) is 31.2 Å². The largest absolute Gasteiger partial charge is 0.356 e. The monoisotopic (exact) mass is 459 g/mol. The minimum absolute atomic E-state index is 0.00370. The van der Waals surface area contributed by atoms with E-state index in [2.05, 4.69) is 22.3 Å². The van der Waals surface area contributed by atoms with Gasteiger partial charge in [-0.2, -0.15) is 0 Å². The number of hydrogen-bond donors (Lipinski definition) is 3. The first-order valence-electron chi connectivity index (χ1n) is 11.0. The first-order valence-corrected chi connectivity index (χ1v) is 12.5. The molecule has 0 radical (unpaired) electrons. The van der Waals surface area contributed by atoms with Crippen LogP contribution in [0.5, 0.6) is 0 Å². The number of amides is 2. The van der Waals surface area contributed by atoms with Gasteiger partial charge >= 0.3 is 0 Å². The van der Waals surface area contributed by atoms with Crippen LogP contribution in [0.15, 0.2) is 47.4 Å². The van der Waals surface area contributed by atoms with Crippen molar-refractivity contribution in [1.82, 2.24) is 10.6 Å². The first-order chi connectivity index (χ1) is 15.3. The smallest absolute Gasteiger partial charge is 0.261 e. The molecule has 0 aliphatic carbocycles. The summed E-state index contributed by atoms with van der Waals surface area (Å²) in [4.78, 5) is 24.2. The van der Waals surface area contributed by atoms with Gasteiger partial charge < -0.3 is 10.6 Å². The second-order valence-corrected chi connectivity index (χ2v) is 9.42. The highest BCUT2D eigenvalue weighted by Gasteiger charge is 2.18. The molecule has 0 bridgehead atoms. The van der Waals surface area contributed by atoms with Gasteiger partial charge in [-0.25, -0.2) is 8.42 Å². The fourth-order valence-corrected chi connectivity index (χ4v) is 4.17. The molecule has 0 saturated heterocycles. The van der Waals surface area contributed by atoms with E-state index in [1.165, 1.54) is 12.1 Å². The predicted molar refractivity (Wildman–Crippen MR) is 127 cm³/mol. The number of rotatable bonds is 12. The Morgan fingerprint density at radius 1 is 0.906 bits per heavy atom. The van der Waals surface area contributed by atoms with E-state index < -0.39 is 15.9 Å². The minimum atomic E-state index is -3.85. The molecule has 32 heavy (non-hydrogen) atoms. The number of carbonyl (C=O) groups excluding carboxylic acids is 2. The fourth-order valence-electron chi connectivity index (χ4n) is 3.08. The van der Waals surface area contributed by atoms with Crippen LogP contribution >= 0.6 is 0 Å². The summed E-state index contributed by atoms with van der Waals surface area (Å²) in [5.41, 5.74) is 2.54. The Balaban J connectivity index is 2.06. The lowest BCUT2D eigenvalue weighted by atomic mass is 10.1. The lowest BCUT2D eigenvalue weighted by molar-refractivity contribution is -0.120. The van der Waals surface area contributed by atoms with Gasteiger partial charge in [0.25, 0.3) is 15.9 Å². The molecule has 8 heteroatoms. The van der Waals surface area contributed by atoms with Crippen LogP contribution in [0.2, 0.25) is 0 Å². The van der Waals surface area contributed by atoms with E-state index in [1.54, 1.807) is 25.1 Å². The molecule has 0 heterocycles. The predicted octanol–water partition coefficient (Wildman–Crippen LogP) is 3.78. The molecule has 0 aliphatic rings. The summed E-state index contributed by atoms with van der Waals surface area (Å²) in [5, 5.41) is 5.43. The topological polar surface area (TPSA) is 104 Å². The lowest BCUT2D eigenvalue weighted by Crippen LogP contribution is -2.31. The van der Waals surface area contributed by atoms with Crippen LogP contribution in [0, 0.1) is 6.92 Å². The Morgan fingerprint density at radius 2 is 1.62 bits per heavy atom. The zero-order valence-corrected chi connectivity index (χ0v) is 19.8. The average Bonchev–Trinajstić information content (AvgIpc) is 2.77. The Bertz CT molecular complexity index is 1020. The molecule has 174 valence electrons. The van der Waals surface area contributed by atoms with Crippen molar-refractivity contribution in [3.63, 3.8) is 0 Å². The van der Waals surface area contributed by atoms with Crippen LogP contribution in [-0.2, 0) is 21.2 Å². The van der Waals surface area contributed by atoms with E-state index in [1.807, 2.05) is 19.1 Å². The third-order valence-electron chi connectivity index (χ3n) is 5.00. The van der Waals surface area contributed by atoms with Crippen LogP contribution in [0.1, 0.15) is 61.0 Å². The van der Waals surface area contributed by atoms with E-state index >= 15 is 0 Å². The van der Waals surface area contributed by atoms with Crippen LogP contribution in [-0.4, -0.2) is 33.3 Å². The molecule has 0 aromatic heterocycles. The SMILES string of the molecule is CCCCc1ccc(NS(=O)(=O)c2ccc(C)c(C(=O)NCCC(=O)NCCC)c2)cc1. The maximum Gasteiger partial charge on any atom is 0.261 e. The van der Waals surface area contributed by atoms with Gasteiger partial charge in [-0.3, -0.25) is 14.3 Å². The second-order valence-electron chi connectivity index (χ2n) is 7.74. The lowest BCUT2D eigenvalue weighted by Gasteiger charge is -2.12. The molecule has 2 aromatic carbocycles. The van der Waals surface area contributed by atoms with Crippen LogP contribution < -0.4 is 15.4 Å². The third kappa shape index (κ3) is 7.67. The van der Waals surface area contributed by atoms with Gasteiger partial charge in [0, 0.05) is 30.8 Å². The molecule has 0 spiro atoms. The van der Waals surface area contributed by atoms with Crippen molar-refractivity contribution in [2.24, 2.45) is 0 Å². The molecule has 0 fully saturated rings. The number of benzene rings is 2. The molecular formula is C24H33N3O4S. The molecule has 0 atom stereocenters. The minimum Gasteiger partial charge on any atom is -0.356 e. The highest BCUT2D eigenvalue weighted by atomic mass is 32.2. The van der Waals surface area contributed by atoms with Crippen LogP contribution in [0.25, 0.3) is 0 Å². The van der Waals surface area contributed by atoms with Crippen molar-refractivity contribution in [2.45, 2.75) is 57.8 Å². The van der Waals surface area contributed by atoms with Gasteiger partial charge in [-0.05, 0) is 61.6 Å². The van der Waals surface area contributed by atoms with Crippen molar-refractivity contribution in [3.8, 4) is 0 Å². The summed E-state index contributed by atoms with van der Waals surface area (Å²) in [6.07, 6.45) is 4.15. The number of aryl methyl sites for hydroxylation is 2. The van der Waals surface area contributed by atoms with Crippen molar-refractivity contribution >= 4 is 27.5 Å². The average molecular weight is 460 g/mol.